The highest BCUT2D eigenvalue weighted by molar-refractivity contribution is 5.74. The molecule has 0 spiro atoms. The first kappa shape index (κ1) is 18.9. The van der Waals surface area contributed by atoms with E-state index in [4.69, 9.17) is 4.52 Å². The number of nitrogens with zero attached hydrogens (tertiary/aromatic N) is 3. The number of hydrogen-bond donors (Lipinski definition) is 1. The van der Waals surface area contributed by atoms with Crippen molar-refractivity contribution in [1.29, 1.82) is 0 Å². The van der Waals surface area contributed by atoms with E-state index in [2.05, 4.69) is 15.5 Å². The molecule has 0 unspecified atom stereocenters. The van der Waals surface area contributed by atoms with Gasteiger partial charge < -0.3 is 14.7 Å². The molecule has 0 radical (unpaired) electrons. The van der Waals surface area contributed by atoms with E-state index >= 15 is 0 Å². The highest BCUT2D eigenvalue weighted by Gasteiger charge is 2.17. The van der Waals surface area contributed by atoms with Gasteiger partial charge in [-0.15, -0.1) is 0 Å². The number of amides is 2. The van der Waals surface area contributed by atoms with Gasteiger partial charge >= 0.3 is 6.03 Å². The third-order valence-corrected chi connectivity index (χ3v) is 4.10. The SMILES string of the molecule is CC(C)c1noc(CCCNC(=O)N(C)[C@@H](C)c2ccc(F)cc2)n1. The van der Waals surface area contributed by atoms with Crippen LogP contribution in [0.25, 0.3) is 0 Å². The van der Waals surface area contributed by atoms with E-state index in [1.807, 2.05) is 20.8 Å². The molecule has 0 bridgehead atoms. The van der Waals surface area contributed by atoms with E-state index in [0.29, 0.717) is 31.1 Å². The van der Waals surface area contributed by atoms with Crippen LogP contribution in [0.3, 0.4) is 0 Å². The van der Waals surface area contributed by atoms with Crippen molar-refractivity contribution in [2.45, 2.75) is 45.6 Å². The van der Waals surface area contributed by atoms with Crippen molar-refractivity contribution < 1.29 is 13.7 Å². The van der Waals surface area contributed by atoms with Gasteiger partial charge in [-0.1, -0.05) is 31.1 Å². The van der Waals surface area contributed by atoms with E-state index in [1.165, 1.54) is 12.1 Å². The molecular weight excluding hydrogens is 323 g/mol. The Morgan fingerprint density at radius 1 is 1.28 bits per heavy atom. The molecule has 0 aliphatic rings. The third-order valence-electron chi connectivity index (χ3n) is 4.10. The quantitative estimate of drug-likeness (QED) is 0.775. The summed E-state index contributed by atoms with van der Waals surface area (Å²) in [7, 11) is 1.72. The van der Waals surface area contributed by atoms with Gasteiger partial charge in [0, 0.05) is 25.9 Å². The Hall–Kier alpha value is -2.44. The highest BCUT2D eigenvalue weighted by Crippen LogP contribution is 2.19. The molecule has 136 valence electrons. The lowest BCUT2D eigenvalue weighted by molar-refractivity contribution is 0.194. The number of carbonyl (C=O) groups is 1. The minimum atomic E-state index is -0.287. The highest BCUT2D eigenvalue weighted by atomic mass is 19.1. The molecule has 25 heavy (non-hydrogen) atoms. The molecule has 0 saturated heterocycles. The molecule has 1 atom stereocenters. The molecule has 7 heteroatoms. The molecule has 0 aliphatic carbocycles. The first-order valence-electron chi connectivity index (χ1n) is 8.47. The fraction of sp³-hybridized carbons (Fsp3) is 0.500. The lowest BCUT2D eigenvalue weighted by atomic mass is 10.1. The smallest absolute Gasteiger partial charge is 0.317 e. The van der Waals surface area contributed by atoms with Crippen molar-refractivity contribution in [2.24, 2.45) is 0 Å². The van der Waals surface area contributed by atoms with Gasteiger partial charge in [0.1, 0.15) is 5.82 Å². The summed E-state index contributed by atoms with van der Waals surface area (Å²) in [6.07, 6.45) is 1.33. The summed E-state index contributed by atoms with van der Waals surface area (Å²) in [6.45, 7) is 6.43. The standard InChI is InChI=1S/C18H25FN4O2/c1-12(2)17-21-16(25-22-17)6-5-11-20-18(24)23(4)13(3)14-7-9-15(19)10-8-14/h7-10,12-13H,5-6,11H2,1-4H3,(H,20,24)/t13-/m0/s1. The first-order chi connectivity index (χ1) is 11.9. The lowest BCUT2D eigenvalue weighted by Gasteiger charge is -2.25. The van der Waals surface area contributed by atoms with Gasteiger partial charge in [0.25, 0.3) is 0 Å². The van der Waals surface area contributed by atoms with E-state index in [0.717, 1.165) is 5.56 Å². The van der Waals surface area contributed by atoms with E-state index in [1.54, 1.807) is 24.1 Å². The molecule has 6 nitrogen and oxygen atoms in total. The molecule has 1 heterocycles. The topological polar surface area (TPSA) is 71.3 Å². The summed E-state index contributed by atoms with van der Waals surface area (Å²) < 4.78 is 18.2. The largest absolute Gasteiger partial charge is 0.339 e. The summed E-state index contributed by atoms with van der Waals surface area (Å²) in [5.41, 5.74) is 0.881. The zero-order chi connectivity index (χ0) is 18.4. The van der Waals surface area contributed by atoms with E-state index in [-0.39, 0.29) is 23.8 Å². The van der Waals surface area contributed by atoms with Crippen LogP contribution >= 0.6 is 0 Å². The number of aryl methyl sites for hydroxylation is 1. The Bertz CT molecular complexity index is 685. The van der Waals surface area contributed by atoms with Crippen LogP contribution in [0.15, 0.2) is 28.8 Å². The van der Waals surface area contributed by atoms with Crippen molar-refractivity contribution in [2.75, 3.05) is 13.6 Å². The van der Waals surface area contributed by atoms with Crippen molar-refractivity contribution in [3.8, 4) is 0 Å². The molecule has 2 amide bonds. The average Bonchev–Trinajstić information content (AvgIpc) is 3.07. The Morgan fingerprint density at radius 2 is 1.96 bits per heavy atom. The maximum Gasteiger partial charge on any atom is 0.317 e. The second-order valence-corrected chi connectivity index (χ2v) is 6.37. The van der Waals surface area contributed by atoms with Crippen LogP contribution in [0.5, 0.6) is 0 Å². The van der Waals surface area contributed by atoms with Gasteiger partial charge in [-0.25, -0.2) is 9.18 Å². The molecule has 0 saturated carbocycles. The Balaban J connectivity index is 1.76. The number of carbonyl (C=O) groups excluding carboxylic acids is 1. The second-order valence-electron chi connectivity index (χ2n) is 6.37. The minimum absolute atomic E-state index is 0.148. The fourth-order valence-corrected chi connectivity index (χ4v) is 2.30. The molecule has 1 aromatic heterocycles. The van der Waals surface area contributed by atoms with Gasteiger partial charge in [0.15, 0.2) is 5.82 Å². The first-order valence-corrected chi connectivity index (χ1v) is 8.47. The van der Waals surface area contributed by atoms with Gasteiger partial charge in [-0.2, -0.15) is 4.98 Å². The molecule has 1 aromatic carbocycles. The number of hydrogen-bond acceptors (Lipinski definition) is 4. The maximum atomic E-state index is 13.0. The zero-order valence-corrected chi connectivity index (χ0v) is 15.1. The van der Waals surface area contributed by atoms with Crippen molar-refractivity contribution in [1.82, 2.24) is 20.4 Å². The number of urea groups is 1. The summed E-state index contributed by atoms with van der Waals surface area (Å²) in [4.78, 5) is 18.1. The van der Waals surface area contributed by atoms with Gasteiger partial charge in [-0.05, 0) is 31.0 Å². The van der Waals surface area contributed by atoms with E-state index < -0.39 is 0 Å². The number of nitrogens with one attached hydrogen (secondary N) is 1. The van der Waals surface area contributed by atoms with Crippen LogP contribution in [-0.2, 0) is 6.42 Å². The average molecular weight is 348 g/mol. The lowest BCUT2D eigenvalue weighted by Crippen LogP contribution is -2.39. The van der Waals surface area contributed by atoms with Gasteiger partial charge in [-0.3, -0.25) is 0 Å². The Kier molecular flexibility index (Phi) is 6.50. The molecule has 2 rings (SSSR count). The van der Waals surface area contributed by atoms with Crippen LogP contribution in [0.2, 0.25) is 0 Å². The normalized spacial score (nSPS) is 12.2. The molecule has 0 fully saturated rings. The van der Waals surface area contributed by atoms with Gasteiger partial charge in [0.05, 0.1) is 6.04 Å². The third kappa shape index (κ3) is 5.27. The maximum absolute atomic E-state index is 13.0. The number of halogens is 1. The predicted molar refractivity (Wildman–Crippen MR) is 92.7 cm³/mol. The van der Waals surface area contributed by atoms with Crippen LogP contribution in [-0.4, -0.2) is 34.7 Å². The second kappa shape index (κ2) is 8.60. The van der Waals surface area contributed by atoms with Crippen molar-refractivity contribution in [3.05, 3.63) is 47.4 Å². The summed E-state index contributed by atoms with van der Waals surface area (Å²) in [5.74, 6) is 1.24. The van der Waals surface area contributed by atoms with Crippen LogP contribution in [0.1, 0.15) is 56.4 Å². The minimum Gasteiger partial charge on any atom is -0.339 e. The summed E-state index contributed by atoms with van der Waals surface area (Å²) in [5, 5.41) is 6.78. The number of aromatic nitrogens is 2. The number of rotatable bonds is 7. The van der Waals surface area contributed by atoms with Crippen molar-refractivity contribution >= 4 is 6.03 Å². The monoisotopic (exact) mass is 348 g/mol. The van der Waals surface area contributed by atoms with Gasteiger partial charge in [0.2, 0.25) is 5.89 Å². The van der Waals surface area contributed by atoms with Crippen LogP contribution in [0, 0.1) is 5.82 Å². The summed E-state index contributed by atoms with van der Waals surface area (Å²) in [6, 6.07) is 5.84. The predicted octanol–water partition coefficient (Wildman–Crippen LogP) is 3.67. The fourth-order valence-electron chi connectivity index (χ4n) is 2.30. The summed E-state index contributed by atoms with van der Waals surface area (Å²) >= 11 is 0. The molecule has 1 N–H and O–H groups in total. The Labute approximate surface area is 147 Å². The van der Waals surface area contributed by atoms with Crippen molar-refractivity contribution in [3.63, 3.8) is 0 Å². The molecule has 2 aromatic rings. The van der Waals surface area contributed by atoms with E-state index in [9.17, 15) is 9.18 Å². The Morgan fingerprint density at radius 3 is 2.56 bits per heavy atom. The number of benzene rings is 1. The van der Waals surface area contributed by atoms with Crippen LogP contribution < -0.4 is 5.32 Å². The molecular formula is C18H25FN4O2. The van der Waals surface area contributed by atoms with Crippen LogP contribution in [0.4, 0.5) is 9.18 Å². The zero-order valence-electron chi connectivity index (χ0n) is 15.1. The molecule has 0 aliphatic heterocycles.